The maximum absolute atomic E-state index is 12.7. The van der Waals surface area contributed by atoms with Crippen LogP contribution in [0.5, 0.6) is 5.75 Å². The number of anilines is 2. The van der Waals surface area contributed by atoms with Crippen LogP contribution in [0.3, 0.4) is 0 Å². The van der Waals surface area contributed by atoms with Crippen molar-refractivity contribution in [3.8, 4) is 5.75 Å². The molecular weight excluding hydrogens is 392 g/mol. The molecule has 6 nitrogen and oxygen atoms in total. The van der Waals surface area contributed by atoms with Crippen LogP contribution in [-0.4, -0.2) is 18.9 Å². The molecular formula is C25H22N2O4. The number of aryl methyl sites for hydroxylation is 2. The molecule has 0 radical (unpaired) electrons. The Morgan fingerprint density at radius 3 is 2.16 bits per heavy atom. The lowest BCUT2D eigenvalue weighted by molar-refractivity contribution is 0.0992. The monoisotopic (exact) mass is 414 g/mol. The molecule has 0 fully saturated rings. The molecule has 1 aromatic heterocycles. The van der Waals surface area contributed by atoms with Crippen molar-refractivity contribution in [2.45, 2.75) is 13.8 Å². The molecule has 0 aliphatic carbocycles. The van der Waals surface area contributed by atoms with E-state index in [1.807, 2.05) is 50.2 Å². The van der Waals surface area contributed by atoms with Crippen molar-refractivity contribution in [2.24, 2.45) is 0 Å². The Morgan fingerprint density at radius 2 is 1.48 bits per heavy atom. The zero-order valence-electron chi connectivity index (χ0n) is 17.5. The largest absolute Gasteiger partial charge is 0.492 e. The number of carbonyl (C=O) groups is 2. The van der Waals surface area contributed by atoms with Gasteiger partial charge in [-0.1, -0.05) is 35.4 Å². The van der Waals surface area contributed by atoms with E-state index in [9.17, 15) is 9.59 Å². The van der Waals surface area contributed by atoms with Crippen LogP contribution in [0.2, 0.25) is 0 Å². The lowest BCUT2D eigenvalue weighted by Crippen LogP contribution is -2.12. The number of carbonyl (C=O) groups excluding carboxylic acids is 2. The first-order chi connectivity index (χ1) is 14.9. The number of para-hydroxylation sites is 1. The Kier molecular flexibility index (Phi) is 5.45. The fourth-order valence-electron chi connectivity index (χ4n) is 3.52. The molecule has 31 heavy (non-hydrogen) atoms. The van der Waals surface area contributed by atoms with Gasteiger partial charge in [-0.05, 0) is 56.3 Å². The summed E-state index contributed by atoms with van der Waals surface area (Å²) in [6.45, 7) is 3.91. The zero-order chi connectivity index (χ0) is 22.0. The van der Waals surface area contributed by atoms with Crippen LogP contribution in [0.4, 0.5) is 11.4 Å². The third kappa shape index (κ3) is 4.28. The average Bonchev–Trinajstić information content (AvgIpc) is 3.12. The van der Waals surface area contributed by atoms with Gasteiger partial charge < -0.3 is 19.8 Å². The fourth-order valence-corrected chi connectivity index (χ4v) is 3.52. The van der Waals surface area contributed by atoms with Crippen LogP contribution in [0.1, 0.15) is 32.0 Å². The zero-order valence-corrected chi connectivity index (χ0v) is 17.5. The van der Waals surface area contributed by atoms with Gasteiger partial charge in [-0.15, -0.1) is 0 Å². The van der Waals surface area contributed by atoms with Crippen molar-refractivity contribution in [1.29, 1.82) is 0 Å². The summed E-state index contributed by atoms with van der Waals surface area (Å²) in [5, 5.41) is 6.28. The molecule has 0 saturated heterocycles. The third-order valence-corrected chi connectivity index (χ3v) is 4.83. The molecule has 156 valence electrons. The Balaban J connectivity index is 1.63. The highest BCUT2D eigenvalue weighted by Gasteiger charge is 2.22. The molecule has 0 aliphatic heterocycles. The van der Waals surface area contributed by atoms with E-state index in [0.717, 1.165) is 11.1 Å². The van der Waals surface area contributed by atoms with Crippen LogP contribution in [-0.2, 0) is 0 Å². The van der Waals surface area contributed by atoms with Gasteiger partial charge in [0.25, 0.3) is 11.8 Å². The lowest BCUT2D eigenvalue weighted by atomic mass is 10.1. The fraction of sp³-hybridized carbons (Fsp3) is 0.120. The summed E-state index contributed by atoms with van der Waals surface area (Å²) in [7, 11) is 1.48. The van der Waals surface area contributed by atoms with Crippen LogP contribution < -0.4 is 15.4 Å². The van der Waals surface area contributed by atoms with Crippen LogP contribution in [0, 0.1) is 13.8 Å². The Morgan fingerprint density at radius 1 is 0.806 bits per heavy atom. The first-order valence-electron chi connectivity index (χ1n) is 9.81. The quantitative estimate of drug-likeness (QED) is 0.448. The van der Waals surface area contributed by atoms with E-state index in [4.69, 9.17) is 9.15 Å². The van der Waals surface area contributed by atoms with Gasteiger partial charge in [0, 0.05) is 16.9 Å². The summed E-state index contributed by atoms with van der Waals surface area (Å²) < 4.78 is 11.2. The molecule has 0 atom stereocenters. The van der Waals surface area contributed by atoms with Crippen molar-refractivity contribution in [3.05, 3.63) is 89.2 Å². The van der Waals surface area contributed by atoms with Gasteiger partial charge in [0.15, 0.2) is 5.75 Å². The van der Waals surface area contributed by atoms with Gasteiger partial charge in [0.1, 0.15) is 5.58 Å². The van der Waals surface area contributed by atoms with Crippen LogP contribution >= 0.6 is 0 Å². The Hall–Kier alpha value is -4.06. The van der Waals surface area contributed by atoms with Crippen molar-refractivity contribution in [3.63, 3.8) is 0 Å². The molecule has 2 amide bonds. The number of rotatable bonds is 5. The highest BCUT2D eigenvalue weighted by Crippen LogP contribution is 2.35. The number of hydrogen-bond donors (Lipinski definition) is 2. The number of furan rings is 1. The molecule has 0 spiro atoms. The summed E-state index contributed by atoms with van der Waals surface area (Å²) in [6, 6.07) is 20.0. The molecule has 0 bridgehead atoms. The van der Waals surface area contributed by atoms with E-state index in [2.05, 4.69) is 10.6 Å². The molecule has 0 unspecified atom stereocenters. The molecule has 2 N–H and O–H groups in total. The standard InChI is InChI=1S/C25H22N2O4/c1-15-11-16(2)13-17(12-15)24(28)27-19-9-10-21-20(14-19)22(30-3)23(31-21)25(29)26-18-7-5-4-6-8-18/h4-14H,1-3H3,(H,26,29)(H,27,28). The van der Waals surface area contributed by atoms with Gasteiger partial charge in [-0.2, -0.15) is 0 Å². The summed E-state index contributed by atoms with van der Waals surface area (Å²) in [4.78, 5) is 25.4. The van der Waals surface area contributed by atoms with Gasteiger partial charge >= 0.3 is 0 Å². The van der Waals surface area contributed by atoms with E-state index < -0.39 is 5.91 Å². The van der Waals surface area contributed by atoms with E-state index in [-0.39, 0.29) is 11.7 Å². The predicted octanol–water partition coefficient (Wildman–Crippen LogP) is 5.56. The summed E-state index contributed by atoms with van der Waals surface area (Å²) >= 11 is 0. The van der Waals surface area contributed by atoms with E-state index in [1.165, 1.54) is 7.11 Å². The average molecular weight is 414 g/mol. The number of benzene rings is 3. The second kappa shape index (κ2) is 8.36. The minimum atomic E-state index is -0.417. The first kappa shape index (κ1) is 20.2. The van der Waals surface area contributed by atoms with Gasteiger partial charge in [0.2, 0.25) is 5.76 Å². The van der Waals surface area contributed by atoms with E-state index in [0.29, 0.717) is 33.7 Å². The lowest BCUT2D eigenvalue weighted by Gasteiger charge is -2.07. The molecule has 6 heteroatoms. The second-order valence-electron chi connectivity index (χ2n) is 7.33. The summed E-state index contributed by atoms with van der Waals surface area (Å²) in [5.74, 6) is -0.249. The number of fused-ring (bicyclic) bond motifs is 1. The molecule has 4 rings (SSSR count). The first-order valence-corrected chi connectivity index (χ1v) is 9.81. The smallest absolute Gasteiger partial charge is 0.295 e. The van der Waals surface area contributed by atoms with Gasteiger partial charge in [-0.3, -0.25) is 9.59 Å². The molecule has 3 aromatic carbocycles. The van der Waals surface area contributed by atoms with Crippen molar-refractivity contribution >= 4 is 34.2 Å². The number of ether oxygens (including phenoxy) is 1. The van der Waals surface area contributed by atoms with E-state index in [1.54, 1.807) is 30.3 Å². The number of amides is 2. The third-order valence-electron chi connectivity index (χ3n) is 4.83. The van der Waals surface area contributed by atoms with Crippen molar-refractivity contribution in [2.75, 3.05) is 17.7 Å². The Labute approximate surface area is 179 Å². The highest BCUT2D eigenvalue weighted by molar-refractivity contribution is 6.09. The Bertz CT molecular complexity index is 1260. The van der Waals surface area contributed by atoms with Crippen molar-refractivity contribution in [1.82, 2.24) is 0 Å². The molecule has 0 saturated carbocycles. The molecule has 1 heterocycles. The second-order valence-corrected chi connectivity index (χ2v) is 7.33. The highest BCUT2D eigenvalue weighted by atomic mass is 16.5. The summed E-state index contributed by atoms with van der Waals surface area (Å²) in [6.07, 6.45) is 0. The SMILES string of the molecule is COc1c(C(=O)Nc2ccccc2)oc2ccc(NC(=O)c3cc(C)cc(C)c3)cc12. The minimum Gasteiger partial charge on any atom is -0.492 e. The minimum absolute atomic E-state index is 0.0686. The topological polar surface area (TPSA) is 80.6 Å². The predicted molar refractivity (Wildman–Crippen MR) is 121 cm³/mol. The molecule has 0 aliphatic rings. The van der Waals surface area contributed by atoms with Crippen LogP contribution in [0.25, 0.3) is 11.0 Å². The maximum atomic E-state index is 12.7. The van der Waals surface area contributed by atoms with Gasteiger partial charge in [-0.25, -0.2) is 0 Å². The normalized spacial score (nSPS) is 10.7. The van der Waals surface area contributed by atoms with Crippen LogP contribution in [0.15, 0.2) is 71.1 Å². The van der Waals surface area contributed by atoms with Crippen molar-refractivity contribution < 1.29 is 18.7 Å². The number of hydrogen-bond acceptors (Lipinski definition) is 4. The van der Waals surface area contributed by atoms with Gasteiger partial charge in [0.05, 0.1) is 12.5 Å². The number of methoxy groups -OCH3 is 1. The number of nitrogens with one attached hydrogen (secondary N) is 2. The maximum Gasteiger partial charge on any atom is 0.295 e. The summed E-state index contributed by atoms with van der Waals surface area (Å²) in [5.41, 5.74) is 4.33. The van der Waals surface area contributed by atoms with E-state index >= 15 is 0 Å². The molecule has 4 aromatic rings.